The lowest BCUT2D eigenvalue weighted by molar-refractivity contribution is 0.0999. The number of hydrogen-bond donors (Lipinski definition) is 2. The monoisotopic (exact) mass is 370 g/mol. The number of hydrogen-bond acceptors (Lipinski definition) is 4. The van der Waals surface area contributed by atoms with Crippen LogP contribution in [0.25, 0.3) is 0 Å². The minimum absolute atomic E-state index is 0.334. The molecule has 3 N–H and O–H groups in total. The number of nitrogens with two attached hydrogens (primary N) is 1. The molecule has 2 fully saturated rings. The number of primary amides is 1. The summed E-state index contributed by atoms with van der Waals surface area (Å²) in [5, 5.41) is 3.36. The topological polar surface area (TPSA) is 71.2 Å². The van der Waals surface area contributed by atoms with E-state index >= 15 is 0 Å². The number of aromatic nitrogens is 1. The van der Waals surface area contributed by atoms with Gasteiger partial charge in [-0.2, -0.15) is 0 Å². The number of fused-ring (bicyclic) bond motifs is 1. The molecule has 3 aromatic rings. The summed E-state index contributed by atoms with van der Waals surface area (Å²) in [4.78, 5) is 18.9. The van der Waals surface area contributed by atoms with Gasteiger partial charge in [0, 0.05) is 24.3 Å². The van der Waals surface area contributed by atoms with Crippen molar-refractivity contribution in [3.8, 4) is 0 Å². The van der Waals surface area contributed by atoms with Crippen LogP contribution < -0.4 is 16.0 Å². The lowest BCUT2D eigenvalue weighted by atomic mass is 10.00. The molecule has 2 aromatic carbocycles. The maximum Gasteiger partial charge on any atom is 0.248 e. The highest BCUT2D eigenvalue weighted by Crippen LogP contribution is 2.59. The summed E-state index contributed by atoms with van der Waals surface area (Å²) in [6, 6.07) is 23.9. The van der Waals surface area contributed by atoms with Crippen LogP contribution in [0.1, 0.15) is 21.8 Å². The third-order valence-electron chi connectivity index (χ3n) is 5.88. The SMILES string of the molecule is NC(=O)c1ccccc1C1[C@H]2CN(c3cccc(Nc4ccccc4)n3)C[C@@H]12. The predicted octanol–water partition coefficient (Wildman–Crippen LogP) is 3.77. The lowest BCUT2D eigenvalue weighted by Crippen LogP contribution is -2.25. The zero-order valence-corrected chi connectivity index (χ0v) is 15.5. The van der Waals surface area contributed by atoms with Gasteiger partial charge < -0.3 is 16.0 Å². The van der Waals surface area contributed by atoms with Crippen molar-refractivity contribution in [1.29, 1.82) is 0 Å². The molecule has 5 rings (SSSR count). The van der Waals surface area contributed by atoms with E-state index in [4.69, 9.17) is 10.7 Å². The second-order valence-electron chi connectivity index (χ2n) is 7.58. The highest BCUT2D eigenvalue weighted by molar-refractivity contribution is 5.94. The van der Waals surface area contributed by atoms with Gasteiger partial charge in [-0.25, -0.2) is 4.98 Å². The molecular formula is C23H22N4O. The first-order valence-corrected chi connectivity index (χ1v) is 9.63. The Hall–Kier alpha value is -3.34. The van der Waals surface area contributed by atoms with Crippen LogP contribution in [-0.4, -0.2) is 24.0 Å². The molecule has 0 spiro atoms. The number of nitrogens with zero attached hydrogens (tertiary/aromatic N) is 2. The van der Waals surface area contributed by atoms with Crippen molar-refractivity contribution in [2.45, 2.75) is 5.92 Å². The van der Waals surface area contributed by atoms with E-state index in [0.29, 0.717) is 23.3 Å². The predicted molar refractivity (Wildman–Crippen MR) is 111 cm³/mol. The van der Waals surface area contributed by atoms with Crippen molar-refractivity contribution in [1.82, 2.24) is 4.98 Å². The smallest absolute Gasteiger partial charge is 0.248 e. The molecule has 140 valence electrons. The van der Waals surface area contributed by atoms with E-state index in [1.165, 1.54) is 0 Å². The largest absolute Gasteiger partial charge is 0.366 e. The third-order valence-corrected chi connectivity index (χ3v) is 5.88. The van der Waals surface area contributed by atoms with Crippen LogP contribution in [-0.2, 0) is 0 Å². The van der Waals surface area contributed by atoms with Crippen molar-refractivity contribution in [2.75, 3.05) is 23.3 Å². The zero-order valence-electron chi connectivity index (χ0n) is 15.5. The van der Waals surface area contributed by atoms with Gasteiger partial charge in [0.15, 0.2) is 0 Å². The van der Waals surface area contributed by atoms with Crippen LogP contribution in [0.5, 0.6) is 0 Å². The van der Waals surface area contributed by atoms with Gasteiger partial charge in [0.2, 0.25) is 5.91 Å². The summed E-state index contributed by atoms with van der Waals surface area (Å²) < 4.78 is 0. The molecule has 1 unspecified atom stereocenters. The average molecular weight is 370 g/mol. The molecule has 1 aromatic heterocycles. The first-order chi connectivity index (χ1) is 13.7. The van der Waals surface area contributed by atoms with Gasteiger partial charge in [-0.15, -0.1) is 0 Å². The standard InChI is InChI=1S/C23H22N4O/c24-23(28)17-10-5-4-9-16(17)22-18-13-27(14-19(18)22)21-12-6-11-20(26-21)25-15-7-2-1-3-8-15/h1-12,18-19,22H,13-14H2,(H2,24,28)(H,25,26)/t18-,19+,22?. The zero-order chi connectivity index (χ0) is 19.1. The second kappa shape index (κ2) is 6.68. The van der Waals surface area contributed by atoms with E-state index in [0.717, 1.165) is 36.0 Å². The van der Waals surface area contributed by atoms with Crippen molar-refractivity contribution >= 4 is 23.2 Å². The minimum Gasteiger partial charge on any atom is -0.366 e. The van der Waals surface area contributed by atoms with E-state index in [-0.39, 0.29) is 5.91 Å². The minimum atomic E-state index is -0.334. The molecule has 5 nitrogen and oxygen atoms in total. The highest BCUT2D eigenvalue weighted by Gasteiger charge is 2.57. The highest BCUT2D eigenvalue weighted by atomic mass is 16.1. The number of amides is 1. The van der Waals surface area contributed by atoms with E-state index in [9.17, 15) is 4.79 Å². The first-order valence-electron chi connectivity index (χ1n) is 9.63. The van der Waals surface area contributed by atoms with Gasteiger partial charge in [-0.05, 0) is 53.6 Å². The van der Waals surface area contributed by atoms with Crippen molar-refractivity contribution < 1.29 is 4.79 Å². The number of pyridine rings is 1. The summed E-state index contributed by atoms with van der Waals surface area (Å²) in [5.41, 5.74) is 8.37. The number of rotatable bonds is 5. The van der Waals surface area contributed by atoms with Crippen molar-refractivity contribution in [2.24, 2.45) is 17.6 Å². The Labute approximate surface area is 164 Å². The second-order valence-corrected chi connectivity index (χ2v) is 7.58. The molecule has 1 amide bonds. The molecule has 2 heterocycles. The van der Waals surface area contributed by atoms with E-state index in [1.54, 1.807) is 0 Å². The van der Waals surface area contributed by atoms with Crippen LogP contribution in [0.4, 0.5) is 17.3 Å². The van der Waals surface area contributed by atoms with Crippen molar-refractivity contribution in [3.63, 3.8) is 0 Å². The molecule has 1 aliphatic heterocycles. The summed E-state index contributed by atoms with van der Waals surface area (Å²) in [7, 11) is 0. The Morgan fingerprint density at radius 2 is 1.64 bits per heavy atom. The van der Waals surface area contributed by atoms with Crippen LogP contribution in [0.3, 0.4) is 0 Å². The lowest BCUT2D eigenvalue weighted by Gasteiger charge is -2.22. The van der Waals surface area contributed by atoms with Crippen LogP contribution >= 0.6 is 0 Å². The van der Waals surface area contributed by atoms with Crippen LogP contribution in [0, 0.1) is 11.8 Å². The molecule has 5 heteroatoms. The van der Waals surface area contributed by atoms with Gasteiger partial charge >= 0.3 is 0 Å². The molecule has 28 heavy (non-hydrogen) atoms. The normalized spacial score (nSPS) is 22.6. The number of carbonyl (C=O) groups is 1. The molecule has 1 saturated carbocycles. The maximum atomic E-state index is 11.7. The quantitative estimate of drug-likeness (QED) is 0.717. The van der Waals surface area contributed by atoms with Crippen LogP contribution in [0.2, 0.25) is 0 Å². The number of carbonyl (C=O) groups excluding carboxylic acids is 1. The Balaban J connectivity index is 1.29. The number of nitrogens with one attached hydrogen (secondary N) is 1. The summed E-state index contributed by atoms with van der Waals surface area (Å²) >= 11 is 0. The summed E-state index contributed by atoms with van der Waals surface area (Å²) in [6.07, 6.45) is 0. The fraction of sp³-hybridized carbons (Fsp3) is 0.217. The Kier molecular flexibility index (Phi) is 4.01. The fourth-order valence-corrected chi connectivity index (χ4v) is 4.53. The van der Waals surface area contributed by atoms with Gasteiger partial charge in [0.05, 0.1) is 0 Å². The van der Waals surface area contributed by atoms with E-state index in [2.05, 4.69) is 22.3 Å². The number of piperidine rings is 1. The first kappa shape index (κ1) is 16.8. The van der Waals surface area contributed by atoms with Gasteiger partial charge in [-0.1, -0.05) is 42.5 Å². The van der Waals surface area contributed by atoms with E-state index in [1.807, 2.05) is 60.7 Å². The number of para-hydroxylation sites is 1. The summed E-state index contributed by atoms with van der Waals surface area (Å²) in [5.74, 6) is 3.07. The third kappa shape index (κ3) is 2.99. The Morgan fingerprint density at radius 3 is 2.39 bits per heavy atom. The number of benzene rings is 2. The molecule has 2 aliphatic rings. The van der Waals surface area contributed by atoms with Gasteiger partial charge in [0.25, 0.3) is 0 Å². The summed E-state index contributed by atoms with van der Waals surface area (Å²) in [6.45, 7) is 1.93. The molecule has 3 atom stereocenters. The molecule has 0 bridgehead atoms. The van der Waals surface area contributed by atoms with Crippen molar-refractivity contribution in [3.05, 3.63) is 83.9 Å². The molecule has 0 radical (unpaired) electrons. The molecule has 1 aliphatic carbocycles. The fourth-order valence-electron chi connectivity index (χ4n) is 4.53. The van der Waals surface area contributed by atoms with Crippen LogP contribution in [0.15, 0.2) is 72.8 Å². The molecular weight excluding hydrogens is 348 g/mol. The van der Waals surface area contributed by atoms with E-state index < -0.39 is 0 Å². The molecule has 1 saturated heterocycles. The maximum absolute atomic E-state index is 11.7. The number of anilines is 3. The average Bonchev–Trinajstić information content (AvgIpc) is 3.21. The Morgan fingerprint density at radius 1 is 0.929 bits per heavy atom. The van der Waals surface area contributed by atoms with Gasteiger partial charge in [0.1, 0.15) is 11.6 Å². The Bertz CT molecular complexity index is 1010. The van der Waals surface area contributed by atoms with Gasteiger partial charge in [-0.3, -0.25) is 4.79 Å².